The molecule has 24 heavy (non-hydrogen) atoms. The van der Waals surface area contributed by atoms with Gasteiger partial charge in [-0.1, -0.05) is 18.5 Å². The highest BCUT2D eigenvalue weighted by Crippen LogP contribution is 2.26. The number of anilines is 2. The van der Waals surface area contributed by atoms with E-state index in [-0.39, 0.29) is 5.91 Å². The molecule has 0 aliphatic carbocycles. The lowest BCUT2D eigenvalue weighted by Gasteiger charge is -2.18. The van der Waals surface area contributed by atoms with Crippen LogP contribution in [0.25, 0.3) is 0 Å². The van der Waals surface area contributed by atoms with Crippen molar-refractivity contribution in [3.05, 3.63) is 53.1 Å². The van der Waals surface area contributed by atoms with E-state index in [0.717, 1.165) is 24.7 Å². The molecule has 5 heteroatoms. The summed E-state index contributed by atoms with van der Waals surface area (Å²) in [6, 6.07) is 12.9. The number of benzene rings is 2. The van der Waals surface area contributed by atoms with Crippen LogP contribution in [0, 0.1) is 5.92 Å². The van der Waals surface area contributed by atoms with E-state index in [2.05, 4.69) is 17.1 Å². The Morgan fingerprint density at radius 2 is 2.00 bits per heavy atom. The van der Waals surface area contributed by atoms with Crippen molar-refractivity contribution in [2.75, 3.05) is 30.4 Å². The molecule has 0 radical (unpaired) electrons. The highest BCUT2D eigenvalue weighted by Gasteiger charge is 2.19. The molecule has 1 heterocycles. The van der Waals surface area contributed by atoms with Gasteiger partial charge in [-0.3, -0.25) is 4.79 Å². The molecule has 1 unspecified atom stereocenters. The minimum atomic E-state index is -0.217. The monoisotopic (exact) mass is 344 g/mol. The Kier molecular flexibility index (Phi) is 4.95. The van der Waals surface area contributed by atoms with E-state index < -0.39 is 0 Å². The minimum Gasteiger partial charge on any atom is -0.496 e. The van der Waals surface area contributed by atoms with Crippen molar-refractivity contribution in [1.82, 2.24) is 0 Å². The molecular weight excluding hydrogens is 324 g/mol. The molecular formula is C19H21ClN2O2. The molecule has 0 saturated carbocycles. The Morgan fingerprint density at radius 1 is 1.25 bits per heavy atom. The van der Waals surface area contributed by atoms with E-state index >= 15 is 0 Å². The number of nitrogens with one attached hydrogen (secondary N) is 1. The summed E-state index contributed by atoms with van der Waals surface area (Å²) in [4.78, 5) is 14.8. The van der Waals surface area contributed by atoms with Gasteiger partial charge in [-0.05, 0) is 54.8 Å². The van der Waals surface area contributed by atoms with Gasteiger partial charge in [0.15, 0.2) is 0 Å². The molecule has 0 spiro atoms. The maximum absolute atomic E-state index is 12.4. The number of carbonyl (C=O) groups excluding carboxylic acids is 1. The van der Waals surface area contributed by atoms with Gasteiger partial charge < -0.3 is 15.0 Å². The molecule has 1 saturated heterocycles. The van der Waals surface area contributed by atoms with Crippen LogP contribution in [0.15, 0.2) is 42.5 Å². The third kappa shape index (κ3) is 3.65. The number of nitrogens with zero attached hydrogens (tertiary/aromatic N) is 1. The molecule has 4 nitrogen and oxygen atoms in total. The fourth-order valence-electron chi connectivity index (χ4n) is 2.98. The third-order valence-electron chi connectivity index (χ3n) is 4.32. The normalized spacial score (nSPS) is 17.0. The van der Waals surface area contributed by atoms with Crippen LogP contribution in [0.3, 0.4) is 0 Å². The Balaban J connectivity index is 1.71. The van der Waals surface area contributed by atoms with Gasteiger partial charge in [-0.2, -0.15) is 0 Å². The first kappa shape index (κ1) is 16.7. The fourth-order valence-corrected chi connectivity index (χ4v) is 3.14. The Hall–Kier alpha value is -2.20. The molecule has 0 aromatic heterocycles. The summed E-state index contributed by atoms with van der Waals surface area (Å²) in [5.41, 5.74) is 2.41. The molecule has 2 aromatic rings. The number of amides is 1. The van der Waals surface area contributed by atoms with Gasteiger partial charge in [0.05, 0.1) is 12.7 Å². The van der Waals surface area contributed by atoms with Crippen LogP contribution in [0.4, 0.5) is 11.4 Å². The number of ether oxygens (including phenoxy) is 1. The topological polar surface area (TPSA) is 41.6 Å². The standard InChI is InChI=1S/C19H21ClN2O2/c1-13-9-10-22(12-13)16-6-4-15(5-7-16)21-19(23)17-8-3-14(20)11-18(17)24-2/h3-8,11,13H,9-10,12H2,1-2H3,(H,21,23). The molecule has 3 rings (SSSR count). The number of methoxy groups -OCH3 is 1. The summed E-state index contributed by atoms with van der Waals surface area (Å²) in [7, 11) is 1.52. The zero-order valence-corrected chi connectivity index (χ0v) is 14.6. The van der Waals surface area contributed by atoms with Gasteiger partial charge in [0.2, 0.25) is 0 Å². The SMILES string of the molecule is COc1cc(Cl)ccc1C(=O)Nc1ccc(N2CCC(C)C2)cc1. The van der Waals surface area contributed by atoms with Gasteiger partial charge in [0.25, 0.3) is 5.91 Å². The van der Waals surface area contributed by atoms with E-state index in [1.807, 2.05) is 24.3 Å². The van der Waals surface area contributed by atoms with Gasteiger partial charge >= 0.3 is 0 Å². The summed E-state index contributed by atoms with van der Waals surface area (Å²) in [5, 5.41) is 3.43. The lowest BCUT2D eigenvalue weighted by molar-refractivity contribution is 0.102. The first-order chi connectivity index (χ1) is 11.6. The molecule has 1 N–H and O–H groups in total. The number of carbonyl (C=O) groups is 1. The van der Waals surface area contributed by atoms with Crippen LogP contribution >= 0.6 is 11.6 Å². The number of hydrogen-bond acceptors (Lipinski definition) is 3. The van der Waals surface area contributed by atoms with Gasteiger partial charge in [0.1, 0.15) is 5.75 Å². The third-order valence-corrected chi connectivity index (χ3v) is 4.56. The average molecular weight is 345 g/mol. The highest BCUT2D eigenvalue weighted by molar-refractivity contribution is 6.31. The van der Waals surface area contributed by atoms with Crippen molar-refractivity contribution in [3.8, 4) is 5.75 Å². The van der Waals surface area contributed by atoms with Crippen molar-refractivity contribution in [2.45, 2.75) is 13.3 Å². The predicted molar refractivity (Wildman–Crippen MR) is 98.4 cm³/mol. The summed E-state index contributed by atoms with van der Waals surface area (Å²) in [6.07, 6.45) is 1.23. The fraction of sp³-hybridized carbons (Fsp3) is 0.316. The van der Waals surface area contributed by atoms with E-state index in [0.29, 0.717) is 16.3 Å². The molecule has 1 amide bonds. The second kappa shape index (κ2) is 7.14. The zero-order chi connectivity index (χ0) is 17.1. The van der Waals surface area contributed by atoms with Crippen LogP contribution in [0.2, 0.25) is 5.02 Å². The smallest absolute Gasteiger partial charge is 0.259 e. The lowest BCUT2D eigenvalue weighted by atomic mass is 10.1. The average Bonchev–Trinajstić information content (AvgIpc) is 3.01. The quantitative estimate of drug-likeness (QED) is 0.891. The minimum absolute atomic E-state index is 0.217. The van der Waals surface area contributed by atoms with Crippen LogP contribution in [0.1, 0.15) is 23.7 Å². The van der Waals surface area contributed by atoms with Crippen molar-refractivity contribution < 1.29 is 9.53 Å². The van der Waals surface area contributed by atoms with Crippen molar-refractivity contribution in [2.24, 2.45) is 5.92 Å². The summed E-state index contributed by atoms with van der Waals surface area (Å²) in [6.45, 7) is 4.45. The summed E-state index contributed by atoms with van der Waals surface area (Å²) >= 11 is 5.93. The zero-order valence-electron chi connectivity index (χ0n) is 13.9. The largest absolute Gasteiger partial charge is 0.496 e. The Bertz CT molecular complexity index is 731. The number of hydrogen-bond donors (Lipinski definition) is 1. The maximum atomic E-state index is 12.4. The van der Waals surface area contributed by atoms with E-state index in [1.165, 1.54) is 19.2 Å². The highest BCUT2D eigenvalue weighted by atomic mass is 35.5. The maximum Gasteiger partial charge on any atom is 0.259 e. The predicted octanol–water partition coefficient (Wildman–Crippen LogP) is 4.45. The molecule has 1 aliphatic heterocycles. The van der Waals surface area contributed by atoms with Crippen LogP contribution in [-0.4, -0.2) is 26.1 Å². The molecule has 126 valence electrons. The van der Waals surface area contributed by atoms with E-state index in [9.17, 15) is 4.79 Å². The summed E-state index contributed by atoms with van der Waals surface area (Å²) < 4.78 is 5.23. The second-order valence-corrected chi connectivity index (χ2v) is 6.62. The Labute approximate surface area is 147 Å². The number of rotatable bonds is 4. The van der Waals surface area contributed by atoms with Crippen LogP contribution in [-0.2, 0) is 0 Å². The van der Waals surface area contributed by atoms with Crippen molar-refractivity contribution >= 4 is 28.9 Å². The van der Waals surface area contributed by atoms with Gasteiger partial charge in [0, 0.05) is 29.5 Å². The molecule has 2 aromatic carbocycles. The first-order valence-electron chi connectivity index (χ1n) is 8.06. The summed E-state index contributed by atoms with van der Waals surface area (Å²) in [5.74, 6) is 0.982. The van der Waals surface area contributed by atoms with Gasteiger partial charge in [-0.15, -0.1) is 0 Å². The first-order valence-corrected chi connectivity index (χ1v) is 8.44. The lowest BCUT2D eigenvalue weighted by Crippen LogP contribution is -2.19. The second-order valence-electron chi connectivity index (χ2n) is 6.19. The van der Waals surface area contributed by atoms with Crippen LogP contribution in [0.5, 0.6) is 5.75 Å². The van der Waals surface area contributed by atoms with Gasteiger partial charge in [-0.25, -0.2) is 0 Å². The van der Waals surface area contributed by atoms with E-state index in [4.69, 9.17) is 16.3 Å². The molecule has 1 atom stereocenters. The molecule has 0 bridgehead atoms. The Morgan fingerprint density at radius 3 is 2.62 bits per heavy atom. The van der Waals surface area contributed by atoms with Crippen molar-refractivity contribution in [1.29, 1.82) is 0 Å². The number of halogens is 1. The molecule has 1 fully saturated rings. The van der Waals surface area contributed by atoms with Crippen molar-refractivity contribution in [3.63, 3.8) is 0 Å². The molecule has 1 aliphatic rings. The van der Waals surface area contributed by atoms with Crippen LogP contribution < -0.4 is 15.0 Å². The van der Waals surface area contributed by atoms with E-state index in [1.54, 1.807) is 18.2 Å².